The van der Waals surface area contributed by atoms with E-state index in [1.807, 2.05) is 14.1 Å². The van der Waals surface area contributed by atoms with E-state index in [0.717, 1.165) is 17.7 Å². The molecule has 2 heterocycles. The lowest BCUT2D eigenvalue weighted by molar-refractivity contribution is 0.402. The minimum absolute atomic E-state index is 0.00510. The molecular weight excluding hydrogens is 379 g/mol. The van der Waals surface area contributed by atoms with Crippen LogP contribution in [0.15, 0.2) is 33.9 Å². The first-order valence-electron chi connectivity index (χ1n) is 9.10. The van der Waals surface area contributed by atoms with E-state index in [1.54, 1.807) is 0 Å². The number of nitrogens with one attached hydrogen (secondary N) is 2. The quantitative estimate of drug-likeness (QED) is 0.489. The second-order valence-electron chi connectivity index (χ2n) is 6.75. The van der Waals surface area contributed by atoms with E-state index in [4.69, 9.17) is 0 Å². The van der Waals surface area contributed by atoms with Gasteiger partial charge in [-0.3, -0.25) is 9.36 Å². The Balaban J connectivity index is 1.88. The SMILES string of the molecule is CN(C)CCNCCNc1nnc2c(n1)c(=O)n(C)c(=O)n2-c1ccc(F)cc1. The van der Waals surface area contributed by atoms with Crippen molar-refractivity contribution in [3.8, 4) is 5.69 Å². The average molecular weight is 402 g/mol. The number of rotatable bonds is 8. The standard InChI is InChI=1S/C18H23FN8O2/c1-25(2)11-10-20-8-9-21-17-22-14-15(23-24-17)27(18(29)26(3)16(14)28)13-6-4-12(19)5-7-13/h4-7,20H,8-11H2,1-3H3,(H,21,22,24). The zero-order valence-electron chi connectivity index (χ0n) is 16.5. The first kappa shape index (κ1) is 20.6. The van der Waals surface area contributed by atoms with Crippen LogP contribution in [0.3, 0.4) is 0 Å². The number of aromatic nitrogens is 5. The van der Waals surface area contributed by atoms with Crippen LogP contribution in [0.5, 0.6) is 0 Å². The second-order valence-corrected chi connectivity index (χ2v) is 6.75. The van der Waals surface area contributed by atoms with Crippen molar-refractivity contribution < 1.29 is 4.39 Å². The average Bonchev–Trinajstić information content (AvgIpc) is 2.70. The van der Waals surface area contributed by atoms with Gasteiger partial charge in [-0.25, -0.2) is 18.7 Å². The molecule has 0 fully saturated rings. The van der Waals surface area contributed by atoms with Gasteiger partial charge >= 0.3 is 5.69 Å². The number of likely N-dealkylation sites (N-methyl/N-ethyl adjacent to an activating group) is 1. The Morgan fingerprint density at radius 1 is 1.07 bits per heavy atom. The van der Waals surface area contributed by atoms with E-state index in [0.29, 0.717) is 18.8 Å². The van der Waals surface area contributed by atoms with E-state index in [1.165, 1.54) is 35.9 Å². The molecule has 1 aromatic carbocycles. The predicted molar refractivity (Wildman–Crippen MR) is 108 cm³/mol. The van der Waals surface area contributed by atoms with Crippen molar-refractivity contribution in [2.45, 2.75) is 0 Å². The van der Waals surface area contributed by atoms with Crippen molar-refractivity contribution in [2.24, 2.45) is 7.05 Å². The maximum atomic E-state index is 13.2. The molecule has 0 saturated carbocycles. The molecule has 0 aliphatic heterocycles. The monoisotopic (exact) mass is 402 g/mol. The maximum Gasteiger partial charge on any atom is 0.337 e. The van der Waals surface area contributed by atoms with E-state index < -0.39 is 17.1 Å². The van der Waals surface area contributed by atoms with Gasteiger partial charge in [0.2, 0.25) is 5.95 Å². The molecule has 0 unspecified atom stereocenters. The highest BCUT2D eigenvalue weighted by molar-refractivity contribution is 5.71. The number of benzene rings is 1. The lowest BCUT2D eigenvalue weighted by Crippen LogP contribution is -2.38. The Kier molecular flexibility index (Phi) is 6.29. The highest BCUT2D eigenvalue weighted by atomic mass is 19.1. The van der Waals surface area contributed by atoms with Crippen molar-refractivity contribution in [1.29, 1.82) is 0 Å². The molecule has 3 aromatic rings. The molecular formula is C18H23FN8O2. The highest BCUT2D eigenvalue weighted by Crippen LogP contribution is 2.12. The van der Waals surface area contributed by atoms with Gasteiger partial charge in [-0.15, -0.1) is 10.2 Å². The van der Waals surface area contributed by atoms with Crippen LogP contribution in [-0.4, -0.2) is 69.5 Å². The molecule has 0 aliphatic carbocycles. The number of halogens is 1. The van der Waals surface area contributed by atoms with Gasteiger partial charge in [0.25, 0.3) is 5.56 Å². The largest absolute Gasteiger partial charge is 0.352 e. The molecule has 0 saturated heterocycles. The molecule has 0 atom stereocenters. The molecule has 0 bridgehead atoms. The summed E-state index contributed by atoms with van der Waals surface area (Å²) >= 11 is 0. The summed E-state index contributed by atoms with van der Waals surface area (Å²) in [6.07, 6.45) is 0. The lowest BCUT2D eigenvalue weighted by Gasteiger charge is -2.12. The van der Waals surface area contributed by atoms with Gasteiger partial charge < -0.3 is 15.5 Å². The molecule has 2 aromatic heterocycles. The summed E-state index contributed by atoms with van der Waals surface area (Å²) in [6, 6.07) is 5.29. The van der Waals surface area contributed by atoms with Crippen LogP contribution in [0.4, 0.5) is 10.3 Å². The van der Waals surface area contributed by atoms with Crippen LogP contribution in [-0.2, 0) is 7.05 Å². The van der Waals surface area contributed by atoms with Gasteiger partial charge in [0.1, 0.15) is 5.82 Å². The predicted octanol–water partition coefficient (Wildman–Crippen LogP) is -0.423. The van der Waals surface area contributed by atoms with Crippen LogP contribution in [0.2, 0.25) is 0 Å². The molecule has 11 heteroatoms. The van der Waals surface area contributed by atoms with Crippen molar-refractivity contribution >= 4 is 17.1 Å². The van der Waals surface area contributed by atoms with E-state index in [-0.39, 0.29) is 17.1 Å². The summed E-state index contributed by atoms with van der Waals surface area (Å²) in [7, 11) is 5.36. The van der Waals surface area contributed by atoms with Gasteiger partial charge in [-0.2, -0.15) is 0 Å². The zero-order valence-corrected chi connectivity index (χ0v) is 16.5. The summed E-state index contributed by atoms with van der Waals surface area (Å²) in [5, 5.41) is 14.3. The fourth-order valence-electron chi connectivity index (χ4n) is 2.69. The fourth-order valence-corrected chi connectivity index (χ4v) is 2.69. The summed E-state index contributed by atoms with van der Waals surface area (Å²) < 4.78 is 15.4. The third-order valence-corrected chi connectivity index (χ3v) is 4.27. The second kappa shape index (κ2) is 8.88. The van der Waals surface area contributed by atoms with Crippen LogP contribution < -0.4 is 21.9 Å². The van der Waals surface area contributed by atoms with E-state index >= 15 is 0 Å². The van der Waals surface area contributed by atoms with Gasteiger partial charge in [0.05, 0.1) is 5.69 Å². The van der Waals surface area contributed by atoms with Gasteiger partial charge in [0.15, 0.2) is 11.2 Å². The maximum absolute atomic E-state index is 13.2. The molecule has 3 rings (SSSR count). The van der Waals surface area contributed by atoms with Crippen LogP contribution in [0.1, 0.15) is 0 Å². The minimum atomic E-state index is -0.615. The summed E-state index contributed by atoms with van der Waals surface area (Å²) in [4.78, 5) is 31.5. The molecule has 0 radical (unpaired) electrons. The number of hydrogen-bond donors (Lipinski definition) is 2. The van der Waals surface area contributed by atoms with Gasteiger partial charge in [-0.05, 0) is 38.4 Å². The third-order valence-electron chi connectivity index (χ3n) is 4.27. The molecule has 0 amide bonds. The number of fused-ring (bicyclic) bond motifs is 1. The van der Waals surface area contributed by atoms with Crippen molar-refractivity contribution in [3.05, 3.63) is 50.9 Å². The fraction of sp³-hybridized carbons (Fsp3) is 0.389. The number of nitrogens with zero attached hydrogens (tertiary/aromatic N) is 6. The van der Waals surface area contributed by atoms with Crippen molar-refractivity contribution in [2.75, 3.05) is 45.6 Å². The molecule has 154 valence electrons. The van der Waals surface area contributed by atoms with Crippen molar-refractivity contribution in [1.82, 2.24) is 34.5 Å². The number of anilines is 1. The first-order valence-corrected chi connectivity index (χ1v) is 9.10. The summed E-state index contributed by atoms with van der Waals surface area (Å²) in [6.45, 7) is 2.99. The normalized spacial score (nSPS) is 11.3. The van der Waals surface area contributed by atoms with Crippen LogP contribution in [0, 0.1) is 5.82 Å². The molecule has 10 nitrogen and oxygen atoms in total. The first-order chi connectivity index (χ1) is 13.9. The Hall–Kier alpha value is -3.18. The number of hydrogen-bond acceptors (Lipinski definition) is 8. The molecule has 0 spiro atoms. The smallest absolute Gasteiger partial charge is 0.337 e. The van der Waals surface area contributed by atoms with Crippen LogP contribution in [0.25, 0.3) is 16.9 Å². The minimum Gasteiger partial charge on any atom is -0.352 e. The van der Waals surface area contributed by atoms with E-state index in [9.17, 15) is 14.0 Å². The third kappa shape index (κ3) is 4.63. The van der Waals surface area contributed by atoms with Crippen molar-refractivity contribution in [3.63, 3.8) is 0 Å². The Morgan fingerprint density at radius 2 is 1.79 bits per heavy atom. The summed E-state index contributed by atoms with van der Waals surface area (Å²) in [5.41, 5.74) is -0.825. The van der Waals surface area contributed by atoms with Gasteiger partial charge in [-0.1, -0.05) is 0 Å². The van der Waals surface area contributed by atoms with E-state index in [2.05, 4.69) is 30.7 Å². The molecule has 0 aliphatic rings. The zero-order chi connectivity index (χ0) is 21.0. The molecule has 29 heavy (non-hydrogen) atoms. The Bertz CT molecular complexity index is 1110. The van der Waals surface area contributed by atoms with Crippen LogP contribution >= 0.6 is 0 Å². The van der Waals surface area contributed by atoms with Gasteiger partial charge in [0, 0.05) is 33.2 Å². The molecule has 2 N–H and O–H groups in total. The topological polar surface area (TPSA) is 110 Å². The highest BCUT2D eigenvalue weighted by Gasteiger charge is 2.16. The summed E-state index contributed by atoms with van der Waals surface area (Å²) in [5.74, 6) is -0.251. The Morgan fingerprint density at radius 3 is 2.48 bits per heavy atom. The Labute approximate surface area is 166 Å². The lowest BCUT2D eigenvalue weighted by atomic mass is 10.3.